The number of rotatable bonds is 2. The van der Waals surface area contributed by atoms with Crippen molar-refractivity contribution in [1.82, 2.24) is 5.32 Å². The molecule has 7 heteroatoms. The number of anilines is 1. The standard InChI is InChI=1S/C15H15FN2O3S/c1-8-12(18-4-2-17-3-5-18)11(16)6-9-13(19)10(15(20)21)7-22-14(8)9/h6-7,17H,2-5H2,1H3,(H,20,21). The maximum absolute atomic E-state index is 14.5. The summed E-state index contributed by atoms with van der Waals surface area (Å²) in [5, 5.41) is 13.7. The van der Waals surface area contributed by atoms with E-state index in [0.717, 1.165) is 13.1 Å². The summed E-state index contributed by atoms with van der Waals surface area (Å²) < 4.78 is 15.2. The maximum atomic E-state index is 14.5. The van der Waals surface area contributed by atoms with Gasteiger partial charge < -0.3 is 15.3 Å². The van der Waals surface area contributed by atoms with Crippen LogP contribution in [0.15, 0.2) is 16.2 Å². The highest BCUT2D eigenvalue weighted by atomic mass is 32.1. The van der Waals surface area contributed by atoms with Gasteiger partial charge in [-0.25, -0.2) is 9.18 Å². The van der Waals surface area contributed by atoms with Crippen LogP contribution in [0.25, 0.3) is 10.1 Å². The van der Waals surface area contributed by atoms with Gasteiger partial charge in [-0.15, -0.1) is 11.3 Å². The first-order valence-corrected chi connectivity index (χ1v) is 7.82. The van der Waals surface area contributed by atoms with E-state index < -0.39 is 17.2 Å². The van der Waals surface area contributed by atoms with E-state index in [-0.39, 0.29) is 10.9 Å². The van der Waals surface area contributed by atoms with Crippen LogP contribution >= 0.6 is 11.3 Å². The van der Waals surface area contributed by atoms with Crippen molar-refractivity contribution < 1.29 is 14.3 Å². The average Bonchev–Trinajstić information content (AvgIpc) is 2.49. The zero-order valence-electron chi connectivity index (χ0n) is 12.0. The van der Waals surface area contributed by atoms with Gasteiger partial charge in [0.15, 0.2) is 0 Å². The molecule has 1 fully saturated rings. The van der Waals surface area contributed by atoms with Crippen molar-refractivity contribution >= 4 is 33.1 Å². The summed E-state index contributed by atoms with van der Waals surface area (Å²) in [5.41, 5.74) is 0.255. The third-order valence-corrected chi connectivity index (χ3v) is 5.00. The first-order valence-electron chi connectivity index (χ1n) is 6.94. The molecule has 1 aromatic carbocycles. The molecule has 0 atom stereocenters. The number of fused-ring (bicyclic) bond motifs is 1. The molecule has 1 saturated heterocycles. The number of nitrogens with zero attached hydrogens (tertiary/aromatic N) is 1. The van der Waals surface area contributed by atoms with Gasteiger partial charge in [0.1, 0.15) is 11.4 Å². The minimum Gasteiger partial charge on any atom is -0.478 e. The number of carboxylic acid groups (broad SMARTS) is 1. The largest absolute Gasteiger partial charge is 0.478 e. The van der Waals surface area contributed by atoms with E-state index in [4.69, 9.17) is 5.11 Å². The van der Waals surface area contributed by atoms with E-state index in [9.17, 15) is 14.0 Å². The number of nitrogens with one attached hydrogen (secondary N) is 1. The predicted octanol–water partition coefficient (Wildman–Crippen LogP) is 1.82. The zero-order valence-corrected chi connectivity index (χ0v) is 12.8. The minimum atomic E-state index is -1.28. The fourth-order valence-corrected chi connectivity index (χ4v) is 3.81. The lowest BCUT2D eigenvalue weighted by Gasteiger charge is -2.31. The van der Waals surface area contributed by atoms with E-state index in [1.54, 1.807) is 6.92 Å². The Labute approximate surface area is 130 Å². The number of piperazine rings is 1. The molecule has 1 aromatic heterocycles. The number of aryl methyl sites for hydroxylation is 1. The van der Waals surface area contributed by atoms with E-state index in [1.807, 2.05) is 4.90 Å². The third-order valence-electron chi connectivity index (χ3n) is 3.89. The van der Waals surface area contributed by atoms with Crippen LogP contribution < -0.4 is 15.6 Å². The number of carbonyl (C=O) groups is 1. The number of hydrogen-bond acceptors (Lipinski definition) is 5. The lowest BCUT2D eigenvalue weighted by atomic mass is 10.1. The summed E-state index contributed by atoms with van der Waals surface area (Å²) in [6.45, 7) is 4.74. The van der Waals surface area contributed by atoms with Gasteiger partial charge in [0.25, 0.3) is 0 Å². The Morgan fingerprint density at radius 1 is 1.41 bits per heavy atom. The molecule has 0 unspecified atom stereocenters. The van der Waals surface area contributed by atoms with Crippen molar-refractivity contribution in [3.63, 3.8) is 0 Å². The second-order valence-electron chi connectivity index (χ2n) is 5.23. The first kappa shape index (κ1) is 14.9. The number of carboxylic acids is 1. The van der Waals surface area contributed by atoms with Crippen LogP contribution in [0, 0.1) is 12.7 Å². The van der Waals surface area contributed by atoms with Gasteiger partial charge in [0.2, 0.25) is 5.43 Å². The molecule has 0 radical (unpaired) electrons. The molecule has 5 nitrogen and oxygen atoms in total. The number of halogens is 1. The Balaban J connectivity index is 2.23. The van der Waals surface area contributed by atoms with Crippen LogP contribution in [0.4, 0.5) is 10.1 Å². The lowest BCUT2D eigenvalue weighted by molar-refractivity contribution is 0.0696. The molecule has 1 aliphatic heterocycles. The SMILES string of the molecule is Cc1c(N2CCNCC2)c(F)cc2c(=O)c(C(=O)O)csc12. The van der Waals surface area contributed by atoms with E-state index in [1.165, 1.54) is 22.8 Å². The lowest BCUT2D eigenvalue weighted by Crippen LogP contribution is -2.44. The van der Waals surface area contributed by atoms with Crippen LogP contribution in [0.3, 0.4) is 0 Å². The van der Waals surface area contributed by atoms with Gasteiger partial charge in [-0.05, 0) is 18.6 Å². The number of hydrogen-bond donors (Lipinski definition) is 2. The molecule has 2 aromatic rings. The summed E-state index contributed by atoms with van der Waals surface area (Å²) >= 11 is 1.17. The van der Waals surface area contributed by atoms with Gasteiger partial charge in [-0.1, -0.05) is 0 Å². The topological polar surface area (TPSA) is 69.6 Å². The van der Waals surface area contributed by atoms with Crippen molar-refractivity contribution in [2.24, 2.45) is 0 Å². The van der Waals surface area contributed by atoms with Gasteiger partial charge in [0.05, 0.1) is 5.69 Å². The highest BCUT2D eigenvalue weighted by Gasteiger charge is 2.21. The number of benzene rings is 1. The average molecular weight is 322 g/mol. The highest BCUT2D eigenvalue weighted by Crippen LogP contribution is 2.32. The Hall–Kier alpha value is -1.99. The molecule has 0 spiro atoms. The smallest absolute Gasteiger partial charge is 0.340 e. The Morgan fingerprint density at radius 2 is 2.09 bits per heavy atom. The number of aromatic carboxylic acids is 1. The predicted molar refractivity (Wildman–Crippen MR) is 84.8 cm³/mol. The van der Waals surface area contributed by atoms with E-state index in [2.05, 4.69) is 5.32 Å². The first-order chi connectivity index (χ1) is 10.5. The maximum Gasteiger partial charge on any atom is 0.340 e. The molecule has 2 heterocycles. The molecule has 0 amide bonds. The summed E-state index contributed by atoms with van der Waals surface area (Å²) in [7, 11) is 0. The van der Waals surface area contributed by atoms with Crippen LogP contribution in [-0.2, 0) is 0 Å². The Kier molecular flexibility index (Phi) is 3.84. The summed E-state index contributed by atoms with van der Waals surface area (Å²) in [6, 6.07) is 1.17. The molecule has 2 N–H and O–H groups in total. The van der Waals surface area contributed by atoms with Crippen LogP contribution in [0.1, 0.15) is 15.9 Å². The molecular formula is C15H15FN2O3S. The van der Waals surface area contributed by atoms with Crippen LogP contribution in [0.2, 0.25) is 0 Å². The quantitative estimate of drug-likeness (QED) is 0.882. The highest BCUT2D eigenvalue weighted by molar-refractivity contribution is 7.17. The van der Waals surface area contributed by atoms with Gasteiger partial charge in [-0.2, -0.15) is 0 Å². The van der Waals surface area contributed by atoms with Gasteiger partial charge in [-0.3, -0.25) is 4.79 Å². The van der Waals surface area contributed by atoms with Crippen molar-refractivity contribution in [1.29, 1.82) is 0 Å². The van der Waals surface area contributed by atoms with Crippen molar-refractivity contribution in [2.45, 2.75) is 6.92 Å². The molecule has 22 heavy (non-hydrogen) atoms. The Bertz CT molecular complexity index is 813. The Morgan fingerprint density at radius 3 is 2.73 bits per heavy atom. The third kappa shape index (κ3) is 2.36. The second-order valence-corrected chi connectivity index (χ2v) is 6.11. The van der Waals surface area contributed by atoms with Crippen molar-refractivity contribution in [2.75, 3.05) is 31.1 Å². The fraction of sp³-hybridized carbons (Fsp3) is 0.333. The molecule has 3 rings (SSSR count). The van der Waals surface area contributed by atoms with Gasteiger partial charge in [0, 0.05) is 41.6 Å². The normalized spacial score (nSPS) is 15.3. The zero-order chi connectivity index (χ0) is 15.9. The summed E-state index contributed by atoms with van der Waals surface area (Å²) in [4.78, 5) is 25.2. The van der Waals surface area contributed by atoms with E-state index in [0.29, 0.717) is 29.0 Å². The van der Waals surface area contributed by atoms with Crippen molar-refractivity contribution in [3.05, 3.63) is 38.6 Å². The molecule has 0 saturated carbocycles. The van der Waals surface area contributed by atoms with Gasteiger partial charge >= 0.3 is 5.97 Å². The molecule has 1 aliphatic rings. The molecule has 0 bridgehead atoms. The summed E-state index contributed by atoms with van der Waals surface area (Å²) in [6.07, 6.45) is 0. The second kappa shape index (κ2) is 5.66. The molecule has 116 valence electrons. The molecule has 0 aliphatic carbocycles. The van der Waals surface area contributed by atoms with E-state index >= 15 is 0 Å². The molecular weight excluding hydrogens is 307 g/mol. The summed E-state index contributed by atoms with van der Waals surface area (Å²) in [5.74, 6) is -1.76. The van der Waals surface area contributed by atoms with Crippen LogP contribution in [-0.4, -0.2) is 37.3 Å². The van der Waals surface area contributed by atoms with Crippen LogP contribution in [0.5, 0.6) is 0 Å². The van der Waals surface area contributed by atoms with Crippen molar-refractivity contribution in [3.8, 4) is 0 Å². The minimum absolute atomic E-state index is 0.138. The fourth-order valence-electron chi connectivity index (χ4n) is 2.81. The monoisotopic (exact) mass is 322 g/mol.